The van der Waals surface area contributed by atoms with Crippen molar-refractivity contribution in [3.05, 3.63) is 90.0 Å². The third-order valence-electron chi connectivity index (χ3n) is 4.68. The predicted octanol–water partition coefficient (Wildman–Crippen LogP) is 5.07. The second-order valence-corrected chi connectivity index (χ2v) is 8.68. The van der Waals surface area contributed by atoms with E-state index in [1.54, 1.807) is 36.4 Å². The summed E-state index contributed by atoms with van der Waals surface area (Å²) in [6, 6.07) is 16.9. The van der Waals surface area contributed by atoms with Crippen LogP contribution in [0.15, 0.2) is 87.1 Å². The molecule has 0 aliphatic rings. The number of ether oxygens (including phenoxy) is 1. The first-order valence-corrected chi connectivity index (χ1v) is 11.0. The van der Waals surface area contributed by atoms with Crippen LogP contribution in [0.1, 0.15) is 5.56 Å². The predicted molar refractivity (Wildman–Crippen MR) is 114 cm³/mol. The quantitative estimate of drug-likeness (QED) is 0.391. The van der Waals surface area contributed by atoms with Gasteiger partial charge in [0.1, 0.15) is 17.4 Å². The van der Waals surface area contributed by atoms with Crippen LogP contribution in [-0.4, -0.2) is 20.5 Å². The summed E-state index contributed by atoms with van der Waals surface area (Å²) in [6.45, 7) is 0.170. The summed E-state index contributed by atoms with van der Waals surface area (Å²) in [4.78, 5) is 4.09. The van der Waals surface area contributed by atoms with E-state index < -0.39 is 15.7 Å². The molecule has 0 saturated carbocycles. The highest BCUT2D eigenvalue weighted by Gasteiger charge is 2.28. The fourth-order valence-electron chi connectivity index (χ4n) is 2.97. The highest BCUT2D eigenvalue weighted by molar-refractivity contribution is 7.91. The monoisotopic (exact) mass is 456 g/mol. The minimum atomic E-state index is -4.12. The van der Waals surface area contributed by atoms with Crippen LogP contribution < -0.4 is 10.1 Å². The number of rotatable bonds is 7. The molecule has 1 aromatic heterocycles. The molecule has 0 amide bonds. The van der Waals surface area contributed by atoms with Crippen molar-refractivity contribution < 1.29 is 26.4 Å². The zero-order valence-electron chi connectivity index (χ0n) is 16.9. The Morgan fingerprint density at radius 2 is 1.50 bits per heavy atom. The number of hydrogen-bond donors (Lipinski definition) is 1. The summed E-state index contributed by atoms with van der Waals surface area (Å²) >= 11 is 0. The number of sulfone groups is 1. The summed E-state index contributed by atoms with van der Waals surface area (Å²) in [7, 11) is -2.58. The van der Waals surface area contributed by atoms with Crippen LogP contribution >= 0.6 is 0 Å². The number of methoxy groups -OCH3 is 1. The maximum absolute atomic E-state index is 13.3. The summed E-state index contributed by atoms with van der Waals surface area (Å²) in [5.41, 5.74) is 1.25. The fraction of sp³-hybridized carbons (Fsp3) is 0.0870. The van der Waals surface area contributed by atoms with E-state index in [0.29, 0.717) is 16.9 Å². The van der Waals surface area contributed by atoms with Crippen LogP contribution in [0, 0.1) is 11.6 Å². The maximum atomic E-state index is 13.3. The molecule has 0 radical (unpaired) electrons. The highest BCUT2D eigenvalue weighted by atomic mass is 32.2. The van der Waals surface area contributed by atoms with Crippen LogP contribution in [0.25, 0.3) is 11.5 Å². The van der Waals surface area contributed by atoms with Crippen molar-refractivity contribution in [3.8, 4) is 17.2 Å². The lowest BCUT2D eigenvalue weighted by Gasteiger charge is -2.06. The summed E-state index contributed by atoms with van der Waals surface area (Å²) in [5, 5.41) is 2.58. The Morgan fingerprint density at radius 1 is 0.906 bits per heavy atom. The Morgan fingerprint density at radius 3 is 2.09 bits per heavy atom. The van der Waals surface area contributed by atoms with Gasteiger partial charge < -0.3 is 14.5 Å². The molecule has 0 unspecified atom stereocenters. The second-order valence-electron chi connectivity index (χ2n) is 6.82. The molecule has 32 heavy (non-hydrogen) atoms. The van der Waals surface area contributed by atoms with Crippen LogP contribution in [0.2, 0.25) is 0 Å². The van der Waals surface area contributed by atoms with E-state index in [0.717, 1.165) is 24.3 Å². The first kappa shape index (κ1) is 21.5. The largest absolute Gasteiger partial charge is 0.497 e. The van der Waals surface area contributed by atoms with Crippen molar-refractivity contribution in [2.24, 2.45) is 0 Å². The number of anilines is 1. The lowest BCUT2D eigenvalue weighted by atomic mass is 10.2. The normalized spacial score (nSPS) is 11.3. The van der Waals surface area contributed by atoms with Gasteiger partial charge in [-0.3, -0.25) is 0 Å². The van der Waals surface area contributed by atoms with Gasteiger partial charge in [-0.2, -0.15) is 4.98 Å². The standard InChI is InChI=1S/C23H18F2N2O4S/c1-30-19-10-4-16(5-11-19)21-27-23(32(28,29)20-12-8-18(25)9-13-20)22(31-21)26-14-15-2-6-17(24)7-3-15/h2-13,26H,14H2,1H3. The molecule has 164 valence electrons. The molecule has 6 nitrogen and oxygen atoms in total. The minimum Gasteiger partial charge on any atom is -0.497 e. The summed E-state index contributed by atoms with van der Waals surface area (Å²) in [6.07, 6.45) is 0. The van der Waals surface area contributed by atoms with Crippen molar-refractivity contribution in [3.63, 3.8) is 0 Å². The van der Waals surface area contributed by atoms with Gasteiger partial charge in [0.2, 0.25) is 26.6 Å². The number of benzene rings is 3. The Hall–Kier alpha value is -3.72. The SMILES string of the molecule is COc1ccc(-c2nc(S(=O)(=O)c3ccc(F)cc3)c(NCc3ccc(F)cc3)o2)cc1. The molecule has 0 saturated heterocycles. The molecule has 1 heterocycles. The van der Waals surface area contributed by atoms with Crippen LogP contribution in [0.3, 0.4) is 0 Å². The van der Waals surface area contributed by atoms with Gasteiger partial charge in [0, 0.05) is 12.1 Å². The molecule has 0 atom stereocenters. The van der Waals surface area contributed by atoms with Gasteiger partial charge in [0.25, 0.3) is 0 Å². The van der Waals surface area contributed by atoms with Crippen LogP contribution in [0.4, 0.5) is 14.7 Å². The molecule has 1 N–H and O–H groups in total. The smallest absolute Gasteiger partial charge is 0.234 e. The molecule has 9 heteroatoms. The number of aromatic nitrogens is 1. The van der Waals surface area contributed by atoms with E-state index in [1.165, 1.54) is 19.2 Å². The number of hydrogen-bond acceptors (Lipinski definition) is 6. The average molecular weight is 456 g/mol. The Balaban J connectivity index is 1.74. The number of halogens is 2. The van der Waals surface area contributed by atoms with Crippen molar-refractivity contribution in [2.45, 2.75) is 16.5 Å². The van der Waals surface area contributed by atoms with E-state index in [-0.39, 0.29) is 34.1 Å². The van der Waals surface area contributed by atoms with E-state index in [9.17, 15) is 17.2 Å². The van der Waals surface area contributed by atoms with Crippen molar-refractivity contribution >= 4 is 15.7 Å². The van der Waals surface area contributed by atoms with E-state index in [1.807, 2.05) is 0 Å². The third kappa shape index (κ3) is 4.47. The topological polar surface area (TPSA) is 81.4 Å². The Labute approximate surface area is 183 Å². The molecule has 0 aliphatic heterocycles. The molecule has 0 aliphatic carbocycles. The van der Waals surface area contributed by atoms with Crippen molar-refractivity contribution in [1.82, 2.24) is 4.98 Å². The highest BCUT2D eigenvalue weighted by Crippen LogP contribution is 2.33. The molecule has 0 spiro atoms. The van der Waals surface area contributed by atoms with E-state index in [4.69, 9.17) is 9.15 Å². The molecule has 0 fully saturated rings. The molecule has 0 bridgehead atoms. The first-order valence-electron chi connectivity index (χ1n) is 9.51. The van der Waals surface area contributed by atoms with Gasteiger partial charge in [0.05, 0.1) is 12.0 Å². The zero-order valence-corrected chi connectivity index (χ0v) is 17.7. The molecular weight excluding hydrogens is 438 g/mol. The summed E-state index contributed by atoms with van der Waals surface area (Å²) in [5.74, 6) is -0.319. The minimum absolute atomic E-state index is 0.0787. The van der Waals surface area contributed by atoms with Gasteiger partial charge in [-0.1, -0.05) is 12.1 Å². The first-order chi connectivity index (χ1) is 15.4. The van der Waals surface area contributed by atoms with Gasteiger partial charge in [-0.15, -0.1) is 0 Å². The Kier molecular flexibility index (Phi) is 5.91. The van der Waals surface area contributed by atoms with Gasteiger partial charge in [-0.05, 0) is 66.2 Å². The average Bonchev–Trinajstić information content (AvgIpc) is 3.24. The summed E-state index contributed by atoms with van der Waals surface area (Å²) < 4.78 is 63.8. The van der Waals surface area contributed by atoms with Gasteiger partial charge in [0.15, 0.2) is 0 Å². The maximum Gasteiger partial charge on any atom is 0.234 e. The van der Waals surface area contributed by atoms with Crippen LogP contribution in [0.5, 0.6) is 5.75 Å². The third-order valence-corrected chi connectivity index (χ3v) is 6.36. The van der Waals surface area contributed by atoms with Crippen molar-refractivity contribution in [2.75, 3.05) is 12.4 Å². The van der Waals surface area contributed by atoms with Gasteiger partial charge >= 0.3 is 0 Å². The number of oxazole rings is 1. The number of nitrogens with zero attached hydrogens (tertiary/aromatic N) is 1. The second kappa shape index (κ2) is 8.80. The lowest BCUT2D eigenvalue weighted by Crippen LogP contribution is -2.07. The van der Waals surface area contributed by atoms with Crippen molar-refractivity contribution in [1.29, 1.82) is 0 Å². The lowest BCUT2D eigenvalue weighted by molar-refractivity contribution is 0.415. The Bertz CT molecular complexity index is 1320. The molecule has 4 rings (SSSR count). The van der Waals surface area contributed by atoms with Crippen LogP contribution in [-0.2, 0) is 16.4 Å². The fourth-order valence-corrected chi connectivity index (χ4v) is 4.25. The van der Waals surface area contributed by atoms with E-state index >= 15 is 0 Å². The number of nitrogens with one attached hydrogen (secondary N) is 1. The molecular formula is C23H18F2N2O4S. The van der Waals surface area contributed by atoms with Gasteiger partial charge in [-0.25, -0.2) is 17.2 Å². The zero-order chi connectivity index (χ0) is 22.7. The molecule has 4 aromatic rings. The molecule has 3 aromatic carbocycles. The van der Waals surface area contributed by atoms with E-state index in [2.05, 4.69) is 10.3 Å².